The van der Waals surface area contributed by atoms with Gasteiger partial charge in [0.1, 0.15) is 30.5 Å². The fourth-order valence-electron chi connectivity index (χ4n) is 4.65. The molecule has 0 aliphatic carbocycles. The van der Waals surface area contributed by atoms with E-state index in [4.69, 9.17) is 9.47 Å². The van der Waals surface area contributed by atoms with Gasteiger partial charge in [0.05, 0.1) is 19.8 Å². The number of fused-ring (bicyclic) bond motifs is 1. The predicted octanol–water partition coefficient (Wildman–Crippen LogP) is 1.82. The summed E-state index contributed by atoms with van der Waals surface area (Å²) in [5, 5.41) is 40.7. The lowest BCUT2D eigenvalue weighted by Crippen LogP contribution is -2.55. The van der Waals surface area contributed by atoms with Crippen LogP contribution in [0.5, 0.6) is 0 Å². The zero-order valence-corrected chi connectivity index (χ0v) is 17.7. The second kappa shape index (κ2) is 9.20. The third-order valence-corrected chi connectivity index (χ3v) is 6.52. The van der Waals surface area contributed by atoms with Gasteiger partial charge in [-0.1, -0.05) is 43.0 Å². The second-order valence-corrected chi connectivity index (χ2v) is 8.38. The van der Waals surface area contributed by atoms with Crippen LogP contribution in [0.3, 0.4) is 0 Å². The Morgan fingerprint density at radius 2 is 1.81 bits per heavy atom. The van der Waals surface area contributed by atoms with Crippen molar-refractivity contribution in [2.75, 3.05) is 13.2 Å². The van der Waals surface area contributed by atoms with Crippen molar-refractivity contribution in [1.82, 2.24) is 0 Å². The van der Waals surface area contributed by atoms with Gasteiger partial charge < -0.3 is 29.9 Å². The lowest BCUT2D eigenvalue weighted by molar-refractivity contribution is -0.231. The van der Waals surface area contributed by atoms with Crippen molar-refractivity contribution in [2.45, 2.75) is 56.9 Å². The quantitative estimate of drug-likeness (QED) is 0.582. The van der Waals surface area contributed by atoms with E-state index in [1.807, 2.05) is 31.2 Å². The summed E-state index contributed by atoms with van der Waals surface area (Å²) in [6.07, 6.45) is -2.59. The van der Waals surface area contributed by atoms with Crippen molar-refractivity contribution in [1.29, 1.82) is 0 Å². The highest BCUT2D eigenvalue weighted by Gasteiger charge is 2.44. The van der Waals surface area contributed by atoms with Gasteiger partial charge in [-0.25, -0.2) is 0 Å². The molecule has 2 aromatic carbocycles. The maximum Gasteiger partial charge on any atom is 0.113 e. The van der Waals surface area contributed by atoms with Crippen molar-refractivity contribution >= 4 is 6.08 Å². The Morgan fingerprint density at radius 1 is 1.06 bits per heavy atom. The average Bonchev–Trinajstić information content (AvgIpc) is 2.80. The topological polar surface area (TPSA) is 99.4 Å². The smallest absolute Gasteiger partial charge is 0.113 e. The van der Waals surface area contributed by atoms with Crippen LogP contribution in [-0.4, -0.2) is 58.1 Å². The molecule has 1 saturated heterocycles. The SMILES string of the molecule is C=Cc1ccc(Cc2cc(C3OC(CO)C(O)C(O)C3O)c(C)c3c2COCC3)cc1. The first-order valence-electron chi connectivity index (χ1n) is 10.7. The minimum Gasteiger partial charge on any atom is -0.394 e. The highest BCUT2D eigenvalue weighted by Crippen LogP contribution is 2.38. The summed E-state index contributed by atoms with van der Waals surface area (Å²) in [7, 11) is 0. The van der Waals surface area contributed by atoms with Crippen LogP contribution in [0.15, 0.2) is 36.9 Å². The lowest BCUT2D eigenvalue weighted by atomic mass is 9.82. The van der Waals surface area contributed by atoms with Crippen LogP contribution in [0, 0.1) is 6.92 Å². The van der Waals surface area contributed by atoms with E-state index in [1.165, 1.54) is 5.56 Å². The van der Waals surface area contributed by atoms with Crippen molar-refractivity contribution in [3.63, 3.8) is 0 Å². The molecule has 31 heavy (non-hydrogen) atoms. The maximum absolute atomic E-state index is 10.7. The maximum atomic E-state index is 10.7. The van der Waals surface area contributed by atoms with Crippen molar-refractivity contribution in [3.8, 4) is 0 Å². The van der Waals surface area contributed by atoms with E-state index in [0.29, 0.717) is 19.6 Å². The molecule has 0 saturated carbocycles. The molecule has 2 heterocycles. The third kappa shape index (κ3) is 4.20. The molecule has 5 unspecified atom stereocenters. The first-order valence-corrected chi connectivity index (χ1v) is 10.7. The van der Waals surface area contributed by atoms with Crippen molar-refractivity contribution in [2.24, 2.45) is 0 Å². The van der Waals surface area contributed by atoms with Gasteiger partial charge in [-0.3, -0.25) is 0 Å². The number of aliphatic hydroxyl groups is 4. The Balaban J connectivity index is 1.76. The van der Waals surface area contributed by atoms with Gasteiger partial charge in [-0.05, 0) is 58.7 Å². The van der Waals surface area contributed by atoms with Gasteiger partial charge >= 0.3 is 0 Å². The van der Waals surface area contributed by atoms with E-state index in [1.54, 1.807) is 0 Å². The third-order valence-electron chi connectivity index (χ3n) is 6.52. The molecule has 166 valence electrons. The highest BCUT2D eigenvalue weighted by molar-refractivity contribution is 5.51. The Morgan fingerprint density at radius 3 is 2.48 bits per heavy atom. The van der Waals surface area contributed by atoms with Crippen LogP contribution in [0.25, 0.3) is 6.08 Å². The fraction of sp³-hybridized carbons (Fsp3) is 0.440. The van der Waals surface area contributed by atoms with Gasteiger partial charge in [-0.2, -0.15) is 0 Å². The molecule has 0 spiro atoms. The molecule has 0 amide bonds. The molecular formula is C25H30O6. The molecule has 0 radical (unpaired) electrons. The van der Waals surface area contributed by atoms with E-state index in [2.05, 4.69) is 18.7 Å². The van der Waals surface area contributed by atoms with Gasteiger partial charge in [0.25, 0.3) is 0 Å². The van der Waals surface area contributed by atoms with E-state index in [9.17, 15) is 20.4 Å². The molecule has 4 rings (SSSR count). The van der Waals surface area contributed by atoms with Crippen molar-refractivity contribution in [3.05, 3.63) is 75.9 Å². The second-order valence-electron chi connectivity index (χ2n) is 8.38. The number of aliphatic hydroxyl groups excluding tert-OH is 4. The largest absolute Gasteiger partial charge is 0.394 e. The van der Waals surface area contributed by atoms with Gasteiger partial charge in [0, 0.05) is 0 Å². The van der Waals surface area contributed by atoms with E-state index in [0.717, 1.165) is 39.8 Å². The van der Waals surface area contributed by atoms with Crippen LogP contribution in [0.4, 0.5) is 0 Å². The summed E-state index contributed by atoms with van der Waals surface area (Å²) in [5.41, 5.74) is 7.38. The summed E-state index contributed by atoms with van der Waals surface area (Å²) in [5.74, 6) is 0. The molecule has 6 heteroatoms. The minimum absolute atomic E-state index is 0.443. The minimum atomic E-state index is -1.40. The Hall–Kier alpha value is -2.06. The molecular weight excluding hydrogens is 396 g/mol. The monoisotopic (exact) mass is 426 g/mol. The van der Waals surface area contributed by atoms with Crippen LogP contribution in [0.1, 0.15) is 45.0 Å². The van der Waals surface area contributed by atoms with Crippen molar-refractivity contribution < 1.29 is 29.9 Å². The number of rotatable bonds is 5. The molecule has 6 nitrogen and oxygen atoms in total. The zero-order valence-electron chi connectivity index (χ0n) is 17.7. The Bertz CT molecular complexity index is 936. The summed E-state index contributed by atoms with van der Waals surface area (Å²) >= 11 is 0. The van der Waals surface area contributed by atoms with E-state index >= 15 is 0 Å². The molecule has 0 bridgehead atoms. The van der Waals surface area contributed by atoms with Crippen LogP contribution in [0.2, 0.25) is 0 Å². The molecule has 2 aliphatic rings. The molecule has 5 atom stereocenters. The predicted molar refractivity (Wildman–Crippen MR) is 117 cm³/mol. The standard InChI is InChI=1S/C25H30O6/c1-3-15-4-6-16(7-5-15)10-17-11-19(14(2)18-8-9-30-13-20(17)18)25-24(29)23(28)22(27)21(12-26)31-25/h3-7,11,21-29H,1,8-10,12-13H2,2H3. The van der Waals surface area contributed by atoms with Gasteiger partial charge in [-0.15, -0.1) is 0 Å². The van der Waals surface area contributed by atoms with Crippen LogP contribution >= 0.6 is 0 Å². The fourth-order valence-corrected chi connectivity index (χ4v) is 4.65. The number of hydrogen-bond acceptors (Lipinski definition) is 6. The Kier molecular flexibility index (Phi) is 6.57. The molecule has 2 aliphatic heterocycles. The lowest BCUT2D eigenvalue weighted by Gasteiger charge is -2.41. The van der Waals surface area contributed by atoms with Crippen LogP contribution < -0.4 is 0 Å². The van der Waals surface area contributed by atoms with Crippen LogP contribution in [-0.2, 0) is 28.9 Å². The summed E-state index contributed by atoms with van der Waals surface area (Å²) in [6, 6.07) is 10.2. The molecule has 1 fully saturated rings. The van der Waals surface area contributed by atoms with E-state index < -0.39 is 37.1 Å². The molecule has 2 aromatic rings. The summed E-state index contributed by atoms with van der Waals surface area (Å²) < 4.78 is 11.6. The Labute approximate surface area is 182 Å². The summed E-state index contributed by atoms with van der Waals surface area (Å²) in [4.78, 5) is 0. The normalized spacial score (nSPS) is 28.2. The highest BCUT2D eigenvalue weighted by atomic mass is 16.5. The van der Waals surface area contributed by atoms with Gasteiger partial charge in [0.2, 0.25) is 0 Å². The van der Waals surface area contributed by atoms with Gasteiger partial charge in [0.15, 0.2) is 0 Å². The zero-order chi connectivity index (χ0) is 22.1. The number of benzene rings is 2. The summed E-state index contributed by atoms with van der Waals surface area (Å²) in [6.45, 7) is 6.50. The first-order chi connectivity index (χ1) is 14.9. The average molecular weight is 427 g/mol. The molecule has 0 aromatic heterocycles. The number of hydrogen-bond donors (Lipinski definition) is 4. The number of ether oxygens (including phenoxy) is 2. The van der Waals surface area contributed by atoms with E-state index in [-0.39, 0.29) is 0 Å². The first kappa shape index (κ1) is 22.1. The molecule has 4 N–H and O–H groups in total.